The van der Waals surface area contributed by atoms with Crippen molar-refractivity contribution in [1.82, 2.24) is 4.90 Å². The maximum absolute atomic E-state index is 12.9. The van der Waals surface area contributed by atoms with E-state index in [1.165, 1.54) is 0 Å². The van der Waals surface area contributed by atoms with E-state index in [0.717, 1.165) is 5.56 Å². The molecule has 2 aliphatic rings. The number of carboxylic acids is 1. The molecule has 1 saturated heterocycles. The molecule has 3 rings (SSSR count). The third kappa shape index (κ3) is 3.35. The van der Waals surface area contributed by atoms with E-state index >= 15 is 0 Å². The van der Waals surface area contributed by atoms with Crippen molar-refractivity contribution < 1.29 is 32.6 Å². The number of carboxylic acid groups (broad SMARTS) is 1. The lowest BCUT2D eigenvalue weighted by atomic mass is 9.92. The Balaban J connectivity index is 1.80. The van der Waals surface area contributed by atoms with Crippen LogP contribution in [0.15, 0.2) is 30.3 Å². The molecule has 0 unspecified atom stereocenters. The number of benzene rings is 1. The number of likely N-dealkylation sites (tertiary alicyclic amines) is 1. The average Bonchev–Trinajstić information content (AvgIpc) is 3.26. The summed E-state index contributed by atoms with van der Waals surface area (Å²) in [5.41, 5.74) is -0.499. The highest BCUT2D eigenvalue weighted by Crippen LogP contribution is 2.54. The van der Waals surface area contributed by atoms with E-state index in [4.69, 9.17) is 4.74 Å². The highest BCUT2D eigenvalue weighted by Gasteiger charge is 2.64. The van der Waals surface area contributed by atoms with Gasteiger partial charge in [-0.15, -0.1) is 0 Å². The maximum Gasteiger partial charge on any atom is 0.471 e. The first-order valence-corrected chi connectivity index (χ1v) is 8.02. The van der Waals surface area contributed by atoms with Gasteiger partial charge in [0, 0.05) is 6.54 Å². The van der Waals surface area contributed by atoms with Crippen molar-refractivity contribution in [3.8, 4) is 0 Å². The van der Waals surface area contributed by atoms with Crippen molar-refractivity contribution in [2.75, 3.05) is 6.54 Å². The number of aliphatic carboxylic acids is 1. The Morgan fingerprint density at radius 1 is 1.24 bits per heavy atom. The van der Waals surface area contributed by atoms with E-state index in [2.05, 4.69) is 0 Å². The molecular weight excluding hydrogens is 339 g/mol. The number of amides is 1. The Labute approximate surface area is 142 Å². The SMILES string of the molecule is O=C(N1CC[C@H](OCc2ccccc2)[C@H]1C1(C(=O)O)CC1)C(F)(F)F. The van der Waals surface area contributed by atoms with Gasteiger partial charge < -0.3 is 14.7 Å². The molecule has 1 amide bonds. The van der Waals surface area contributed by atoms with Crippen LogP contribution >= 0.6 is 0 Å². The Kier molecular flexibility index (Phi) is 4.49. The van der Waals surface area contributed by atoms with Gasteiger partial charge in [-0.3, -0.25) is 9.59 Å². The van der Waals surface area contributed by atoms with E-state index in [-0.39, 0.29) is 32.4 Å². The second kappa shape index (κ2) is 6.33. The normalized spacial score (nSPS) is 25.0. The molecule has 1 aliphatic heterocycles. The number of carbonyl (C=O) groups excluding carboxylic acids is 1. The number of ether oxygens (including phenoxy) is 1. The smallest absolute Gasteiger partial charge is 0.471 e. The van der Waals surface area contributed by atoms with Crippen molar-refractivity contribution in [1.29, 1.82) is 0 Å². The summed E-state index contributed by atoms with van der Waals surface area (Å²) in [5, 5.41) is 9.49. The monoisotopic (exact) mass is 357 g/mol. The van der Waals surface area contributed by atoms with Crippen LogP contribution in [0.5, 0.6) is 0 Å². The van der Waals surface area contributed by atoms with Gasteiger partial charge in [0.2, 0.25) is 0 Å². The van der Waals surface area contributed by atoms with Gasteiger partial charge in [-0.25, -0.2) is 0 Å². The van der Waals surface area contributed by atoms with E-state index in [9.17, 15) is 27.9 Å². The molecule has 25 heavy (non-hydrogen) atoms. The van der Waals surface area contributed by atoms with Gasteiger partial charge in [0.1, 0.15) is 0 Å². The number of halogens is 3. The number of nitrogens with zero attached hydrogens (tertiary/aromatic N) is 1. The van der Waals surface area contributed by atoms with Crippen molar-refractivity contribution in [2.45, 2.75) is 44.2 Å². The molecule has 1 aromatic carbocycles. The second-order valence-corrected chi connectivity index (χ2v) is 6.53. The predicted molar refractivity (Wildman–Crippen MR) is 80.5 cm³/mol. The standard InChI is InChI=1S/C17H18F3NO4/c18-17(19,20)14(22)21-9-6-12(13(21)16(7-8-16)15(23)24)25-10-11-4-2-1-3-5-11/h1-5,12-13H,6-10H2,(H,23,24)/t12-,13-/m0/s1. The van der Waals surface area contributed by atoms with Crippen LogP contribution in [0.4, 0.5) is 13.2 Å². The summed E-state index contributed by atoms with van der Waals surface area (Å²) in [5.74, 6) is -3.16. The minimum atomic E-state index is -5.03. The summed E-state index contributed by atoms with van der Waals surface area (Å²) in [6.07, 6.45) is -5.07. The molecular formula is C17H18F3NO4. The number of rotatable bonds is 5. The first kappa shape index (κ1) is 17.7. The quantitative estimate of drug-likeness (QED) is 0.880. The van der Waals surface area contributed by atoms with Gasteiger partial charge >= 0.3 is 18.1 Å². The number of carbonyl (C=O) groups is 2. The lowest BCUT2D eigenvalue weighted by Crippen LogP contribution is -2.52. The number of alkyl halides is 3. The van der Waals surface area contributed by atoms with E-state index in [0.29, 0.717) is 4.90 Å². The van der Waals surface area contributed by atoms with Crippen molar-refractivity contribution in [3.63, 3.8) is 0 Å². The molecule has 2 fully saturated rings. The van der Waals surface area contributed by atoms with Crippen molar-refractivity contribution in [3.05, 3.63) is 35.9 Å². The molecule has 0 spiro atoms. The molecule has 1 N–H and O–H groups in total. The zero-order chi connectivity index (χ0) is 18.2. The maximum atomic E-state index is 12.9. The molecule has 8 heteroatoms. The second-order valence-electron chi connectivity index (χ2n) is 6.53. The lowest BCUT2D eigenvalue weighted by molar-refractivity contribution is -0.190. The summed E-state index contributed by atoms with van der Waals surface area (Å²) >= 11 is 0. The molecule has 0 aromatic heterocycles. The fourth-order valence-corrected chi connectivity index (χ4v) is 3.53. The van der Waals surface area contributed by atoms with Crippen molar-refractivity contribution in [2.24, 2.45) is 5.41 Å². The summed E-state index contributed by atoms with van der Waals surface area (Å²) in [4.78, 5) is 24.0. The largest absolute Gasteiger partial charge is 0.481 e. The fraction of sp³-hybridized carbons (Fsp3) is 0.529. The van der Waals surface area contributed by atoms with Crippen LogP contribution in [-0.2, 0) is 20.9 Å². The highest BCUT2D eigenvalue weighted by molar-refractivity contribution is 5.85. The first-order chi connectivity index (χ1) is 11.8. The average molecular weight is 357 g/mol. The third-order valence-electron chi connectivity index (χ3n) is 4.93. The van der Waals surface area contributed by atoms with Gasteiger partial charge in [0.25, 0.3) is 0 Å². The highest BCUT2D eigenvalue weighted by atomic mass is 19.4. The fourth-order valence-electron chi connectivity index (χ4n) is 3.53. The number of hydrogen-bond acceptors (Lipinski definition) is 3. The van der Waals surface area contributed by atoms with E-state index in [1.807, 2.05) is 30.3 Å². The van der Waals surface area contributed by atoms with Crippen LogP contribution in [0.3, 0.4) is 0 Å². The minimum Gasteiger partial charge on any atom is -0.481 e. The lowest BCUT2D eigenvalue weighted by Gasteiger charge is -2.33. The van der Waals surface area contributed by atoms with Gasteiger partial charge in [-0.1, -0.05) is 30.3 Å². The molecule has 1 saturated carbocycles. The van der Waals surface area contributed by atoms with Crippen LogP contribution in [0.25, 0.3) is 0 Å². The van der Waals surface area contributed by atoms with Crippen LogP contribution in [0, 0.1) is 5.41 Å². The van der Waals surface area contributed by atoms with Crippen LogP contribution in [0.1, 0.15) is 24.8 Å². The first-order valence-electron chi connectivity index (χ1n) is 8.02. The topological polar surface area (TPSA) is 66.8 Å². The van der Waals surface area contributed by atoms with Gasteiger partial charge in [0.15, 0.2) is 0 Å². The summed E-state index contributed by atoms with van der Waals surface area (Å²) in [7, 11) is 0. The van der Waals surface area contributed by atoms with Crippen molar-refractivity contribution >= 4 is 11.9 Å². The van der Waals surface area contributed by atoms with Gasteiger partial charge in [-0.2, -0.15) is 13.2 Å². The zero-order valence-corrected chi connectivity index (χ0v) is 13.3. The Morgan fingerprint density at radius 2 is 1.88 bits per heavy atom. The summed E-state index contributed by atoms with van der Waals surface area (Å²) in [6, 6.07) is 7.98. The van der Waals surface area contributed by atoms with E-state index in [1.54, 1.807) is 0 Å². The van der Waals surface area contributed by atoms with Crippen LogP contribution in [-0.4, -0.2) is 46.7 Å². The Hall–Kier alpha value is -2.09. The molecule has 1 aromatic rings. The minimum absolute atomic E-state index is 0.155. The Bertz CT molecular complexity index is 658. The summed E-state index contributed by atoms with van der Waals surface area (Å²) in [6.45, 7) is 0.00322. The molecule has 2 atom stereocenters. The van der Waals surface area contributed by atoms with Crippen LogP contribution in [0.2, 0.25) is 0 Å². The molecule has 0 radical (unpaired) electrons. The van der Waals surface area contributed by atoms with Gasteiger partial charge in [0.05, 0.1) is 24.2 Å². The number of hydrogen-bond donors (Lipinski definition) is 1. The molecule has 136 valence electrons. The summed E-state index contributed by atoms with van der Waals surface area (Å²) < 4.78 is 44.4. The molecule has 5 nitrogen and oxygen atoms in total. The predicted octanol–water partition coefficient (Wildman–Crippen LogP) is 2.60. The van der Waals surface area contributed by atoms with E-state index < -0.39 is 35.6 Å². The molecule has 1 heterocycles. The van der Waals surface area contributed by atoms with Gasteiger partial charge in [-0.05, 0) is 24.8 Å². The third-order valence-corrected chi connectivity index (χ3v) is 4.93. The zero-order valence-electron chi connectivity index (χ0n) is 13.3. The molecule has 1 aliphatic carbocycles. The van der Waals surface area contributed by atoms with Crippen LogP contribution < -0.4 is 0 Å². The molecule has 0 bridgehead atoms. The Morgan fingerprint density at radius 3 is 2.40 bits per heavy atom.